The molecular weight excluding hydrogens is 491 g/mol. The minimum Gasteiger partial charge on any atom is -0.324 e. The lowest BCUT2D eigenvalue weighted by Gasteiger charge is -2.18. The topological polar surface area (TPSA) is 119 Å². The van der Waals surface area contributed by atoms with E-state index in [4.69, 9.17) is 0 Å². The average Bonchev–Trinajstić information content (AvgIpc) is 3.09. The lowest BCUT2D eigenvalue weighted by Crippen LogP contribution is -2.23. The molecule has 1 aliphatic rings. The van der Waals surface area contributed by atoms with Gasteiger partial charge in [0.2, 0.25) is 11.9 Å². The van der Waals surface area contributed by atoms with Gasteiger partial charge >= 0.3 is 0 Å². The first kappa shape index (κ1) is 26.1. The van der Waals surface area contributed by atoms with E-state index >= 15 is 0 Å². The Morgan fingerprint density at radius 3 is 2.74 bits per heavy atom. The van der Waals surface area contributed by atoms with E-state index in [1.165, 1.54) is 24.2 Å². The number of hydrogen-bond donors (Lipinski definition) is 3. The summed E-state index contributed by atoms with van der Waals surface area (Å²) in [6.45, 7) is 5.54. The number of rotatable bonds is 5. The van der Waals surface area contributed by atoms with Crippen LogP contribution < -0.4 is 21.5 Å². The van der Waals surface area contributed by atoms with Crippen LogP contribution in [0, 0.1) is 0 Å². The van der Waals surface area contributed by atoms with E-state index in [0.29, 0.717) is 35.2 Å². The molecule has 0 radical (unpaired) electrons. The highest BCUT2D eigenvalue weighted by atomic mass is 35.5. The van der Waals surface area contributed by atoms with E-state index in [1.54, 1.807) is 27.6 Å². The zero-order valence-corrected chi connectivity index (χ0v) is 20.9. The molecule has 10 nitrogen and oxygen atoms in total. The lowest BCUT2D eigenvalue weighted by molar-refractivity contribution is -0.114. The minimum atomic E-state index is -0.223. The zero-order chi connectivity index (χ0) is 22.9. The van der Waals surface area contributed by atoms with Gasteiger partial charge in [-0.05, 0) is 55.3 Å². The van der Waals surface area contributed by atoms with Crippen LogP contribution in [-0.4, -0.2) is 36.8 Å². The fourth-order valence-corrected chi connectivity index (χ4v) is 4.09. The van der Waals surface area contributed by atoms with Crippen LogP contribution in [0.4, 0.5) is 17.5 Å². The van der Waals surface area contributed by atoms with Crippen molar-refractivity contribution >= 4 is 59.2 Å². The summed E-state index contributed by atoms with van der Waals surface area (Å²) < 4.78 is 3.21. The summed E-state index contributed by atoms with van der Waals surface area (Å²) in [6.07, 6.45) is 2.55. The number of anilines is 3. The molecule has 3 N–H and O–H groups in total. The molecule has 0 spiro atoms. The van der Waals surface area contributed by atoms with Crippen LogP contribution in [0.2, 0.25) is 0 Å². The molecule has 4 aromatic rings. The van der Waals surface area contributed by atoms with Gasteiger partial charge in [0, 0.05) is 31.9 Å². The van der Waals surface area contributed by atoms with Crippen LogP contribution >= 0.6 is 24.8 Å². The number of carbonyl (C=O) groups excluding carboxylic acids is 1. The number of benzene rings is 1. The second-order valence-corrected chi connectivity index (χ2v) is 7.86. The first-order valence-electron chi connectivity index (χ1n) is 10.9. The predicted molar refractivity (Wildman–Crippen MR) is 141 cm³/mol. The van der Waals surface area contributed by atoms with Crippen molar-refractivity contribution in [1.82, 2.24) is 29.6 Å². The van der Waals surface area contributed by atoms with E-state index in [2.05, 4.69) is 43.0 Å². The molecule has 12 heteroatoms. The summed E-state index contributed by atoms with van der Waals surface area (Å²) in [7, 11) is 0. The molecule has 0 unspecified atom stereocenters. The van der Waals surface area contributed by atoms with Gasteiger partial charge in [-0.15, -0.1) is 24.8 Å². The van der Waals surface area contributed by atoms with E-state index < -0.39 is 0 Å². The normalized spacial score (nSPS) is 12.3. The molecule has 0 atom stereocenters. The molecule has 0 bridgehead atoms. The Kier molecular flexibility index (Phi) is 8.11. The second kappa shape index (κ2) is 10.9. The summed E-state index contributed by atoms with van der Waals surface area (Å²) >= 11 is 0. The van der Waals surface area contributed by atoms with Crippen molar-refractivity contribution in [3.63, 3.8) is 0 Å². The smallest absolute Gasteiger partial charge is 0.278 e. The number of fused-ring (bicyclic) bond motifs is 2. The highest BCUT2D eigenvalue weighted by Gasteiger charge is 2.18. The lowest BCUT2D eigenvalue weighted by atomic mass is 10.0. The Labute approximate surface area is 214 Å². The van der Waals surface area contributed by atoms with Gasteiger partial charge in [0.25, 0.3) is 5.56 Å². The van der Waals surface area contributed by atoms with E-state index in [9.17, 15) is 9.59 Å². The Balaban J connectivity index is 0.00000171. The van der Waals surface area contributed by atoms with Gasteiger partial charge in [0.15, 0.2) is 11.5 Å². The zero-order valence-electron chi connectivity index (χ0n) is 19.2. The standard InChI is InChI=1S/C23H24N8O2.2ClH/c1-3-30-22(33)18-13-25-23(27-17-8-7-15-9-10-24-12-16(15)11-17)29-21(18)31(30)20-6-4-5-19(28-20)26-14(2)32;;/h4-8,11,13,24H,3,9-10,12H2,1-2H3,(H,25,27,29)(H,26,28,32);2*1H. The quantitative estimate of drug-likeness (QED) is 0.372. The van der Waals surface area contributed by atoms with Crippen LogP contribution in [0.5, 0.6) is 0 Å². The predicted octanol–water partition coefficient (Wildman–Crippen LogP) is 3.19. The van der Waals surface area contributed by atoms with Crippen molar-refractivity contribution in [2.75, 3.05) is 17.2 Å². The summed E-state index contributed by atoms with van der Waals surface area (Å²) in [6, 6.07) is 11.5. The molecule has 1 aromatic carbocycles. The van der Waals surface area contributed by atoms with Gasteiger partial charge in [-0.3, -0.25) is 9.59 Å². The number of nitrogens with one attached hydrogen (secondary N) is 3. The Morgan fingerprint density at radius 2 is 1.97 bits per heavy atom. The van der Waals surface area contributed by atoms with Crippen molar-refractivity contribution < 1.29 is 4.79 Å². The first-order chi connectivity index (χ1) is 16.0. The molecule has 3 aromatic heterocycles. The van der Waals surface area contributed by atoms with Gasteiger partial charge in [-0.2, -0.15) is 4.98 Å². The van der Waals surface area contributed by atoms with Crippen LogP contribution in [-0.2, 0) is 24.3 Å². The SMILES string of the molecule is CCn1c(=O)c2cnc(Nc3ccc4c(c3)CNCC4)nc2n1-c1cccc(NC(C)=O)n1.Cl.Cl. The summed E-state index contributed by atoms with van der Waals surface area (Å²) in [4.78, 5) is 38.0. The number of aromatic nitrogens is 5. The van der Waals surface area contributed by atoms with Crippen molar-refractivity contribution in [2.24, 2.45) is 0 Å². The fourth-order valence-electron chi connectivity index (χ4n) is 4.09. The second-order valence-electron chi connectivity index (χ2n) is 7.86. The monoisotopic (exact) mass is 516 g/mol. The van der Waals surface area contributed by atoms with Gasteiger partial charge in [0.05, 0.1) is 0 Å². The fraction of sp³-hybridized carbons (Fsp3) is 0.261. The Hall–Kier alpha value is -3.47. The maximum atomic E-state index is 13.0. The van der Waals surface area contributed by atoms with Gasteiger partial charge in [0.1, 0.15) is 11.2 Å². The minimum absolute atomic E-state index is 0. The first-order valence-corrected chi connectivity index (χ1v) is 10.9. The molecule has 4 heterocycles. The molecule has 35 heavy (non-hydrogen) atoms. The third-order valence-corrected chi connectivity index (χ3v) is 5.58. The molecule has 184 valence electrons. The molecule has 0 aliphatic carbocycles. The van der Waals surface area contributed by atoms with Crippen molar-refractivity contribution in [3.05, 3.63) is 64.1 Å². The largest absolute Gasteiger partial charge is 0.324 e. The molecular formula is C23H26Cl2N8O2. The number of pyridine rings is 1. The van der Waals surface area contributed by atoms with Crippen LogP contribution in [0.25, 0.3) is 16.9 Å². The third-order valence-electron chi connectivity index (χ3n) is 5.58. The van der Waals surface area contributed by atoms with Crippen molar-refractivity contribution in [2.45, 2.75) is 33.4 Å². The highest BCUT2D eigenvalue weighted by Crippen LogP contribution is 2.22. The number of carbonyl (C=O) groups is 1. The maximum absolute atomic E-state index is 13.0. The third kappa shape index (κ3) is 5.14. The van der Waals surface area contributed by atoms with Gasteiger partial charge in [-0.1, -0.05) is 12.1 Å². The molecule has 0 fully saturated rings. The summed E-state index contributed by atoms with van der Waals surface area (Å²) in [5, 5.41) is 9.71. The molecule has 1 amide bonds. The number of hydrogen-bond acceptors (Lipinski definition) is 7. The number of halogens is 2. The Morgan fingerprint density at radius 1 is 1.14 bits per heavy atom. The maximum Gasteiger partial charge on any atom is 0.278 e. The van der Waals surface area contributed by atoms with Crippen LogP contribution in [0.1, 0.15) is 25.0 Å². The number of amides is 1. The summed E-state index contributed by atoms with van der Waals surface area (Å²) in [5.41, 5.74) is 3.71. The van der Waals surface area contributed by atoms with Gasteiger partial charge < -0.3 is 16.0 Å². The highest BCUT2D eigenvalue weighted by molar-refractivity contribution is 5.87. The molecule has 1 aliphatic heterocycles. The van der Waals surface area contributed by atoms with Crippen molar-refractivity contribution in [1.29, 1.82) is 0 Å². The molecule has 0 saturated heterocycles. The van der Waals surface area contributed by atoms with Crippen molar-refractivity contribution in [3.8, 4) is 5.82 Å². The van der Waals surface area contributed by atoms with Crippen LogP contribution in [0.15, 0.2) is 47.4 Å². The molecule has 5 rings (SSSR count). The summed E-state index contributed by atoms with van der Waals surface area (Å²) in [5.74, 6) is 1.02. The average molecular weight is 517 g/mol. The van der Waals surface area contributed by atoms with Crippen LogP contribution in [0.3, 0.4) is 0 Å². The molecule has 0 saturated carbocycles. The number of nitrogens with zero attached hydrogens (tertiary/aromatic N) is 5. The van der Waals surface area contributed by atoms with E-state index in [-0.39, 0.29) is 36.3 Å². The van der Waals surface area contributed by atoms with E-state index in [1.807, 2.05) is 13.0 Å². The van der Waals surface area contributed by atoms with Gasteiger partial charge in [-0.25, -0.2) is 19.3 Å². The Bertz CT molecular complexity index is 1430. The van der Waals surface area contributed by atoms with E-state index in [0.717, 1.165) is 25.2 Å².